The number of hydrogen-bond acceptors (Lipinski definition) is 3. The molecular weight excluding hydrogens is 364 g/mol. The molecule has 0 saturated carbocycles. The smallest absolute Gasteiger partial charge is 0.317 e. The van der Waals surface area contributed by atoms with Gasteiger partial charge >= 0.3 is 6.03 Å². The number of hydrogen-bond donors (Lipinski definition) is 2. The highest BCUT2D eigenvalue weighted by atomic mass is 16.2. The molecule has 0 radical (unpaired) electrons. The molecule has 1 aromatic carbocycles. The lowest BCUT2D eigenvalue weighted by molar-refractivity contribution is -0.126. The Morgan fingerprint density at radius 1 is 1.17 bits per heavy atom. The molecule has 3 amide bonds. The molecule has 29 heavy (non-hydrogen) atoms. The van der Waals surface area contributed by atoms with Gasteiger partial charge in [0.15, 0.2) is 0 Å². The fourth-order valence-electron chi connectivity index (χ4n) is 4.45. The van der Waals surface area contributed by atoms with E-state index in [1.165, 1.54) is 24.0 Å². The summed E-state index contributed by atoms with van der Waals surface area (Å²) in [6.07, 6.45) is 3.30. The number of aryl methyl sites for hydroxylation is 1. The van der Waals surface area contributed by atoms with Crippen molar-refractivity contribution >= 4 is 11.9 Å². The molecule has 1 aromatic rings. The van der Waals surface area contributed by atoms with Crippen LogP contribution in [0.2, 0.25) is 0 Å². The molecule has 0 unspecified atom stereocenters. The topological polar surface area (TPSA) is 64.7 Å². The van der Waals surface area contributed by atoms with Crippen molar-refractivity contribution in [2.24, 2.45) is 5.92 Å². The molecule has 6 nitrogen and oxygen atoms in total. The Kier molecular flexibility index (Phi) is 7.53. The molecule has 0 spiro atoms. The number of rotatable bonds is 6. The zero-order chi connectivity index (χ0) is 20.8. The normalized spacial score (nSPS) is 22.7. The van der Waals surface area contributed by atoms with Gasteiger partial charge in [0.25, 0.3) is 0 Å². The van der Waals surface area contributed by atoms with E-state index in [1.807, 2.05) is 18.7 Å². The molecule has 2 saturated heterocycles. The first-order valence-electron chi connectivity index (χ1n) is 11.0. The number of likely N-dealkylation sites (tertiary alicyclic amines) is 2. The predicted octanol–water partition coefficient (Wildman–Crippen LogP) is 2.73. The van der Waals surface area contributed by atoms with E-state index in [0.29, 0.717) is 19.6 Å². The largest absolute Gasteiger partial charge is 0.355 e. The van der Waals surface area contributed by atoms with Crippen LogP contribution in [0.5, 0.6) is 0 Å². The zero-order valence-corrected chi connectivity index (χ0v) is 18.1. The molecular formula is C23H36N4O2. The first kappa shape index (κ1) is 21.6. The fourth-order valence-corrected chi connectivity index (χ4v) is 4.45. The Balaban J connectivity index is 1.65. The van der Waals surface area contributed by atoms with Crippen LogP contribution in [0.4, 0.5) is 4.79 Å². The molecule has 160 valence electrons. The molecule has 2 heterocycles. The summed E-state index contributed by atoms with van der Waals surface area (Å²) in [4.78, 5) is 29.8. The second kappa shape index (κ2) is 10.1. The molecule has 2 fully saturated rings. The minimum absolute atomic E-state index is 0.0731. The molecule has 0 aromatic heterocycles. The Labute approximate surface area is 175 Å². The summed E-state index contributed by atoms with van der Waals surface area (Å²) in [5.41, 5.74) is 2.42. The van der Waals surface area contributed by atoms with Crippen LogP contribution in [0.25, 0.3) is 0 Å². The average Bonchev–Trinajstić information content (AvgIpc) is 3.20. The summed E-state index contributed by atoms with van der Waals surface area (Å²) in [5, 5.41) is 6.11. The summed E-state index contributed by atoms with van der Waals surface area (Å²) in [6.45, 7) is 11.0. The first-order chi connectivity index (χ1) is 13.9. The number of carbonyl (C=O) groups is 2. The summed E-state index contributed by atoms with van der Waals surface area (Å²) >= 11 is 0. The Bertz CT molecular complexity index is 700. The summed E-state index contributed by atoms with van der Waals surface area (Å²) in [7, 11) is 0. The van der Waals surface area contributed by atoms with E-state index < -0.39 is 0 Å². The van der Waals surface area contributed by atoms with Gasteiger partial charge in [-0.1, -0.05) is 29.8 Å². The van der Waals surface area contributed by atoms with Gasteiger partial charge in [-0.15, -0.1) is 0 Å². The van der Waals surface area contributed by atoms with E-state index in [-0.39, 0.29) is 29.8 Å². The van der Waals surface area contributed by atoms with Gasteiger partial charge in [-0.2, -0.15) is 0 Å². The van der Waals surface area contributed by atoms with Gasteiger partial charge in [-0.25, -0.2) is 4.79 Å². The minimum atomic E-state index is -0.175. The Morgan fingerprint density at radius 2 is 1.93 bits per heavy atom. The summed E-state index contributed by atoms with van der Waals surface area (Å²) in [6, 6.07) is 8.43. The summed E-state index contributed by atoms with van der Waals surface area (Å²) in [5.74, 6) is 0.0746. The second-order valence-corrected chi connectivity index (χ2v) is 8.89. The van der Waals surface area contributed by atoms with E-state index in [0.717, 1.165) is 26.1 Å². The highest BCUT2D eigenvalue weighted by molar-refractivity contribution is 5.81. The molecule has 2 aliphatic heterocycles. The molecule has 2 atom stereocenters. The molecule has 2 aliphatic rings. The van der Waals surface area contributed by atoms with E-state index in [4.69, 9.17) is 0 Å². The third-order valence-electron chi connectivity index (χ3n) is 5.96. The number of benzene rings is 1. The molecule has 0 aliphatic carbocycles. The standard InChI is InChI=1S/C23H36N4O2/c1-17(2)25-23(29)27-15-20(19-8-6-7-18(3)13-19)14-21(16-27)22(28)24-9-12-26-10-4-5-11-26/h6-8,13,17,20-21H,4-5,9-12,14-16H2,1-3H3,(H,24,28)(H,25,29)/t20-,21-/m1/s1. The fraction of sp³-hybridized carbons (Fsp3) is 0.652. The van der Waals surface area contributed by atoms with Gasteiger partial charge < -0.3 is 20.4 Å². The third-order valence-corrected chi connectivity index (χ3v) is 5.96. The van der Waals surface area contributed by atoms with Crippen LogP contribution in [0.1, 0.15) is 50.2 Å². The monoisotopic (exact) mass is 400 g/mol. The average molecular weight is 401 g/mol. The zero-order valence-electron chi connectivity index (χ0n) is 18.1. The summed E-state index contributed by atoms with van der Waals surface area (Å²) < 4.78 is 0. The lowest BCUT2D eigenvalue weighted by Gasteiger charge is -2.38. The second-order valence-electron chi connectivity index (χ2n) is 8.89. The van der Waals surface area contributed by atoms with Crippen LogP contribution in [0.3, 0.4) is 0 Å². The van der Waals surface area contributed by atoms with Gasteiger partial charge in [0.1, 0.15) is 0 Å². The van der Waals surface area contributed by atoms with Crippen LogP contribution in [0, 0.1) is 12.8 Å². The van der Waals surface area contributed by atoms with E-state index in [9.17, 15) is 9.59 Å². The van der Waals surface area contributed by atoms with Crippen molar-refractivity contribution in [3.8, 4) is 0 Å². The van der Waals surface area contributed by atoms with Crippen molar-refractivity contribution in [3.63, 3.8) is 0 Å². The Hall–Kier alpha value is -2.08. The SMILES string of the molecule is Cc1cccc([C@@H]2C[C@@H](C(=O)NCCN3CCCC3)CN(C(=O)NC(C)C)C2)c1. The minimum Gasteiger partial charge on any atom is -0.355 e. The number of amides is 3. The molecule has 6 heteroatoms. The van der Waals surface area contributed by atoms with E-state index >= 15 is 0 Å². The van der Waals surface area contributed by atoms with Crippen LogP contribution in [-0.4, -0.2) is 67.0 Å². The van der Waals surface area contributed by atoms with Crippen molar-refractivity contribution in [2.45, 2.75) is 52.0 Å². The van der Waals surface area contributed by atoms with Crippen LogP contribution in [0.15, 0.2) is 24.3 Å². The van der Waals surface area contributed by atoms with Crippen molar-refractivity contribution in [1.29, 1.82) is 0 Å². The van der Waals surface area contributed by atoms with E-state index in [1.54, 1.807) is 0 Å². The highest BCUT2D eigenvalue weighted by Gasteiger charge is 2.34. The van der Waals surface area contributed by atoms with Gasteiger partial charge in [0.2, 0.25) is 5.91 Å². The van der Waals surface area contributed by atoms with Crippen LogP contribution < -0.4 is 10.6 Å². The quantitative estimate of drug-likeness (QED) is 0.772. The number of piperidine rings is 1. The predicted molar refractivity (Wildman–Crippen MR) is 116 cm³/mol. The van der Waals surface area contributed by atoms with Crippen molar-refractivity contribution in [2.75, 3.05) is 39.3 Å². The first-order valence-corrected chi connectivity index (χ1v) is 11.0. The molecule has 0 bridgehead atoms. The third kappa shape index (κ3) is 6.20. The lowest BCUT2D eigenvalue weighted by atomic mass is 9.83. The maximum atomic E-state index is 12.9. The molecule has 2 N–H and O–H groups in total. The molecule has 3 rings (SSSR count). The number of carbonyl (C=O) groups excluding carboxylic acids is 2. The maximum absolute atomic E-state index is 12.9. The number of nitrogens with zero attached hydrogens (tertiary/aromatic N) is 2. The van der Waals surface area contributed by atoms with Crippen molar-refractivity contribution in [3.05, 3.63) is 35.4 Å². The Morgan fingerprint density at radius 3 is 2.62 bits per heavy atom. The van der Waals surface area contributed by atoms with Crippen LogP contribution in [-0.2, 0) is 4.79 Å². The highest BCUT2D eigenvalue weighted by Crippen LogP contribution is 2.31. The van der Waals surface area contributed by atoms with Gasteiger partial charge in [-0.3, -0.25) is 4.79 Å². The van der Waals surface area contributed by atoms with Gasteiger partial charge in [0.05, 0.1) is 5.92 Å². The van der Waals surface area contributed by atoms with Gasteiger partial charge in [0, 0.05) is 38.1 Å². The van der Waals surface area contributed by atoms with Crippen molar-refractivity contribution < 1.29 is 9.59 Å². The van der Waals surface area contributed by atoms with E-state index in [2.05, 4.69) is 46.7 Å². The van der Waals surface area contributed by atoms with Crippen molar-refractivity contribution in [1.82, 2.24) is 20.4 Å². The van der Waals surface area contributed by atoms with Crippen LogP contribution >= 0.6 is 0 Å². The number of urea groups is 1. The number of nitrogens with one attached hydrogen (secondary N) is 2. The van der Waals surface area contributed by atoms with Gasteiger partial charge in [-0.05, 0) is 58.7 Å². The maximum Gasteiger partial charge on any atom is 0.317 e. The lowest BCUT2D eigenvalue weighted by Crippen LogP contribution is -2.52.